The van der Waals surface area contributed by atoms with Gasteiger partial charge in [0, 0.05) is 43.3 Å². The van der Waals surface area contributed by atoms with Gasteiger partial charge in [-0.1, -0.05) is 12.1 Å². The summed E-state index contributed by atoms with van der Waals surface area (Å²) in [4.78, 5) is 21.9. The third-order valence-electron chi connectivity index (χ3n) is 5.64. The number of carbonyl (C=O) groups is 1. The number of hydrogen-bond donors (Lipinski definition) is 2. The topological polar surface area (TPSA) is 57.7 Å². The number of nitrogens with one attached hydrogen (secondary N) is 1. The smallest absolute Gasteiger partial charge is 0.248 e. The summed E-state index contributed by atoms with van der Waals surface area (Å²) in [6, 6.07) is 15.5. The Balaban J connectivity index is 1.44. The predicted molar refractivity (Wildman–Crippen MR) is 135 cm³/mol. The van der Waals surface area contributed by atoms with Gasteiger partial charge in [0.15, 0.2) is 0 Å². The third kappa shape index (κ3) is 5.41. The van der Waals surface area contributed by atoms with Crippen LogP contribution in [0, 0.1) is 6.92 Å². The molecular weight excluding hydrogens is 420 g/mol. The van der Waals surface area contributed by atoms with Crippen LogP contribution in [0.2, 0.25) is 0 Å². The van der Waals surface area contributed by atoms with E-state index in [-0.39, 0.29) is 5.91 Å². The number of pyridine rings is 1. The van der Waals surface area contributed by atoms with E-state index >= 15 is 0 Å². The van der Waals surface area contributed by atoms with Gasteiger partial charge < -0.3 is 19.9 Å². The lowest BCUT2D eigenvalue weighted by molar-refractivity contribution is -0.111. The molecule has 3 aromatic rings. The molecule has 1 aromatic heterocycles. The lowest BCUT2D eigenvalue weighted by atomic mass is 10.1. The van der Waals surface area contributed by atoms with E-state index in [0.717, 1.165) is 65.5 Å². The monoisotopic (exact) mass is 448 g/mol. The van der Waals surface area contributed by atoms with Gasteiger partial charge in [0.05, 0.1) is 5.52 Å². The van der Waals surface area contributed by atoms with Crippen LogP contribution in [0.25, 0.3) is 17.0 Å². The molecule has 6 nitrogen and oxygen atoms in total. The zero-order valence-corrected chi connectivity index (χ0v) is 19.3. The van der Waals surface area contributed by atoms with E-state index in [2.05, 4.69) is 47.8 Å². The molecule has 0 bridgehead atoms. The highest BCUT2D eigenvalue weighted by molar-refractivity contribution is 7.80. The van der Waals surface area contributed by atoms with Gasteiger partial charge in [-0.25, -0.2) is 4.98 Å². The summed E-state index contributed by atoms with van der Waals surface area (Å²) in [7, 11) is 2.15. The Morgan fingerprint density at radius 1 is 1.12 bits per heavy atom. The molecule has 0 spiro atoms. The van der Waals surface area contributed by atoms with E-state index in [0.29, 0.717) is 5.94 Å². The Labute approximate surface area is 194 Å². The van der Waals surface area contributed by atoms with E-state index in [1.807, 2.05) is 42.5 Å². The molecule has 0 unspecified atom stereocenters. The molecule has 2 aromatic carbocycles. The lowest BCUT2D eigenvalue weighted by Crippen LogP contribution is -2.44. The van der Waals surface area contributed by atoms with E-state index in [1.165, 1.54) is 6.08 Å². The Morgan fingerprint density at radius 3 is 2.59 bits per heavy atom. The number of likely N-dealkylation sites (N-methyl/N-ethyl adjacent to an activating group) is 1. The predicted octanol–water partition coefficient (Wildman–Crippen LogP) is 4.21. The second kappa shape index (κ2) is 10.1. The molecule has 7 heteroatoms. The summed E-state index contributed by atoms with van der Waals surface area (Å²) >= 11 is 4.04. The quantitative estimate of drug-likeness (QED) is 0.336. The number of thiol groups is 1. The largest absolute Gasteiger partial charge is 0.483 e. The van der Waals surface area contributed by atoms with Crippen LogP contribution in [0.3, 0.4) is 0 Å². The number of benzene rings is 2. The number of anilines is 2. The number of fused-ring (bicyclic) bond motifs is 1. The number of piperazine rings is 1. The van der Waals surface area contributed by atoms with Crippen LogP contribution in [0.1, 0.15) is 11.1 Å². The van der Waals surface area contributed by atoms with Crippen molar-refractivity contribution in [2.75, 3.05) is 49.4 Å². The van der Waals surface area contributed by atoms with E-state index < -0.39 is 0 Å². The van der Waals surface area contributed by atoms with Crippen LogP contribution in [0.5, 0.6) is 5.75 Å². The van der Waals surface area contributed by atoms with Gasteiger partial charge in [-0.3, -0.25) is 4.79 Å². The van der Waals surface area contributed by atoms with Crippen molar-refractivity contribution in [3.8, 4) is 5.75 Å². The van der Waals surface area contributed by atoms with Crippen molar-refractivity contribution in [1.29, 1.82) is 0 Å². The first-order valence-corrected chi connectivity index (χ1v) is 11.3. The fourth-order valence-electron chi connectivity index (χ4n) is 3.76. The average Bonchev–Trinajstić information content (AvgIpc) is 2.79. The molecule has 32 heavy (non-hydrogen) atoms. The van der Waals surface area contributed by atoms with Crippen molar-refractivity contribution in [2.24, 2.45) is 0 Å². The zero-order valence-electron chi connectivity index (χ0n) is 18.4. The van der Waals surface area contributed by atoms with Crippen molar-refractivity contribution in [2.45, 2.75) is 6.92 Å². The summed E-state index contributed by atoms with van der Waals surface area (Å²) in [5, 5.41) is 3.99. The first-order valence-electron chi connectivity index (χ1n) is 10.7. The number of aryl methyl sites for hydroxylation is 1. The van der Waals surface area contributed by atoms with Crippen molar-refractivity contribution < 1.29 is 9.53 Å². The molecular formula is C25H28N4O2S. The second-order valence-corrected chi connectivity index (χ2v) is 8.24. The Morgan fingerprint density at radius 2 is 1.88 bits per heavy atom. The van der Waals surface area contributed by atoms with Crippen LogP contribution in [-0.2, 0) is 4.79 Å². The number of carbonyl (C=O) groups excluding carboxylic acids is 1. The number of rotatable bonds is 6. The Bertz CT molecular complexity index is 1120. The summed E-state index contributed by atoms with van der Waals surface area (Å²) in [6.07, 6.45) is 3.30. The maximum atomic E-state index is 12.4. The average molecular weight is 449 g/mol. The minimum atomic E-state index is -0.181. The molecule has 0 radical (unpaired) electrons. The summed E-state index contributed by atoms with van der Waals surface area (Å²) in [6.45, 7) is 6.16. The molecule has 1 fully saturated rings. The lowest BCUT2D eigenvalue weighted by Gasteiger charge is -2.33. The SMILES string of the molecule is Cc1cc(N2CCN(C)CC2)nc2ccc(NC(=O)C=Cc3ccc(OCS)cc3)cc12. The number of ether oxygens (including phenoxy) is 1. The fourth-order valence-corrected chi connectivity index (χ4v) is 3.91. The van der Waals surface area contributed by atoms with Gasteiger partial charge in [0.1, 0.15) is 17.5 Å². The molecule has 1 aliphatic rings. The minimum absolute atomic E-state index is 0.181. The fraction of sp³-hybridized carbons (Fsp3) is 0.280. The van der Waals surface area contributed by atoms with Crippen molar-refractivity contribution >= 4 is 47.0 Å². The zero-order chi connectivity index (χ0) is 22.5. The first kappa shape index (κ1) is 22.2. The highest BCUT2D eigenvalue weighted by Crippen LogP contribution is 2.26. The summed E-state index contributed by atoms with van der Waals surface area (Å²) in [5.74, 6) is 1.92. The van der Waals surface area contributed by atoms with Crippen molar-refractivity contribution in [1.82, 2.24) is 9.88 Å². The molecule has 0 aliphatic carbocycles. The molecule has 166 valence electrons. The maximum Gasteiger partial charge on any atom is 0.248 e. The number of nitrogens with zero attached hydrogens (tertiary/aromatic N) is 3. The molecule has 1 aliphatic heterocycles. The van der Waals surface area contributed by atoms with Crippen LogP contribution in [0.4, 0.5) is 11.5 Å². The van der Waals surface area contributed by atoms with Gasteiger partial charge in [-0.2, -0.15) is 0 Å². The van der Waals surface area contributed by atoms with Gasteiger partial charge in [0.25, 0.3) is 0 Å². The van der Waals surface area contributed by atoms with Crippen LogP contribution in [0.15, 0.2) is 54.6 Å². The first-order chi connectivity index (χ1) is 15.5. The highest BCUT2D eigenvalue weighted by Gasteiger charge is 2.16. The number of hydrogen-bond acceptors (Lipinski definition) is 6. The van der Waals surface area contributed by atoms with E-state index in [4.69, 9.17) is 9.72 Å². The third-order valence-corrected chi connectivity index (χ3v) is 5.76. The molecule has 1 saturated heterocycles. The van der Waals surface area contributed by atoms with Crippen molar-refractivity contribution in [3.05, 3.63) is 65.7 Å². The Kier molecular flexibility index (Phi) is 6.97. The van der Waals surface area contributed by atoms with Gasteiger partial charge >= 0.3 is 0 Å². The molecule has 4 rings (SSSR count). The van der Waals surface area contributed by atoms with Gasteiger partial charge in [0.2, 0.25) is 5.91 Å². The van der Waals surface area contributed by atoms with Crippen molar-refractivity contribution in [3.63, 3.8) is 0 Å². The second-order valence-electron chi connectivity index (χ2n) is 7.98. The maximum absolute atomic E-state index is 12.4. The highest BCUT2D eigenvalue weighted by atomic mass is 32.1. The summed E-state index contributed by atoms with van der Waals surface area (Å²) in [5.41, 5.74) is 3.76. The summed E-state index contributed by atoms with van der Waals surface area (Å²) < 4.78 is 5.31. The van der Waals surface area contributed by atoms with Gasteiger partial charge in [-0.05, 0) is 67.6 Å². The standard InChI is InChI=1S/C25H28N4O2S/c1-18-15-24(29-13-11-28(2)12-14-29)27-23-9-6-20(16-22(18)23)26-25(30)10-5-19-3-7-21(8-4-19)31-17-32/h3-10,15-16,32H,11-14,17H2,1-2H3,(H,26,30). The minimum Gasteiger partial charge on any atom is -0.483 e. The van der Waals surface area contributed by atoms with Crippen LogP contribution in [-0.4, -0.2) is 55.0 Å². The number of amides is 1. The normalized spacial score (nSPS) is 14.8. The molecule has 1 N–H and O–H groups in total. The number of aromatic nitrogens is 1. The van der Waals surface area contributed by atoms with E-state index in [9.17, 15) is 4.79 Å². The molecule has 1 amide bonds. The molecule has 2 heterocycles. The van der Waals surface area contributed by atoms with E-state index in [1.54, 1.807) is 6.08 Å². The van der Waals surface area contributed by atoms with Crippen LogP contribution >= 0.6 is 12.6 Å². The molecule has 0 atom stereocenters. The van der Waals surface area contributed by atoms with Gasteiger partial charge in [-0.15, -0.1) is 12.6 Å². The molecule has 0 saturated carbocycles. The Hall–Kier alpha value is -3.03. The van der Waals surface area contributed by atoms with Crippen LogP contribution < -0.4 is 15.0 Å².